The van der Waals surface area contributed by atoms with E-state index in [1.165, 1.54) is 133 Å². The van der Waals surface area contributed by atoms with Gasteiger partial charge in [-0.25, -0.2) is 0 Å². The molecule has 13 aromatic rings. The third-order valence-corrected chi connectivity index (χ3v) is 18.2. The largest absolute Gasteiger partial charge is 0.311 e. The van der Waals surface area contributed by atoms with Crippen molar-refractivity contribution in [3.63, 3.8) is 0 Å². The quantitative estimate of drug-likeness (QED) is 0.154. The zero-order chi connectivity index (χ0) is 56.6. The van der Waals surface area contributed by atoms with Gasteiger partial charge in [0.05, 0.1) is 22.4 Å². The smallest absolute Gasteiger partial charge is 0.252 e. The van der Waals surface area contributed by atoms with Crippen LogP contribution in [0, 0.1) is 0 Å². The van der Waals surface area contributed by atoms with Gasteiger partial charge in [-0.15, -0.1) is 0 Å². The third-order valence-electron chi connectivity index (χ3n) is 18.2. The summed E-state index contributed by atoms with van der Waals surface area (Å²) in [6.07, 6.45) is 0. The van der Waals surface area contributed by atoms with Crippen molar-refractivity contribution in [1.29, 1.82) is 0 Å². The van der Waals surface area contributed by atoms with Gasteiger partial charge in [-0.3, -0.25) is 0 Å². The zero-order valence-corrected chi connectivity index (χ0v) is 48.3. The van der Waals surface area contributed by atoms with E-state index >= 15 is 0 Å². The van der Waals surface area contributed by atoms with Gasteiger partial charge >= 0.3 is 0 Å². The average Bonchev–Trinajstić information content (AvgIpc) is 1.15. The Labute approximate surface area is 493 Å². The predicted molar refractivity (Wildman–Crippen MR) is 358 cm³/mol. The Bertz CT molecular complexity index is 4720. The van der Waals surface area contributed by atoms with Crippen molar-refractivity contribution in [2.24, 2.45) is 0 Å². The first kappa shape index (κ1) is 49.9. The second-order valence-corrected chi connectivity index (χ2v) is 25.3. The Morgan fingerprint density at radius 2 is 0.714 bits per heavy atom. The Kier molecular flexibility index (Phi) is 11.2. The number of benzene rings is 12. The Balaban J connectivity index is 1.03. The Morgan fingerprint density at radius 3 is 1.30 bits per heavy atom. The molecule has 0 unspecified atom stereocenters. The van der Waals surface area contributed by atoms with Crippen LogP contribution in [0.25, 0.3) is 94.3 Å². The third kappa shape index (κ3) is 7.88. The molecule has 3 nitrogen and oxygen atoms in total. The van der Waals surface area contributed by atoms with E-state index in [2.05, 4.69) is 323 Å². The molecule has 3 aliphatic heterocycles. The van der Waals surface area contributed by atoms with Crippen LogP contribution in [0.3, 0.4) is 0 Å². The summed E-state index contributed by atoms with van der Waals surface area (Å²) in [4.78, 5) is 5.25. The number of aromatic nitrogens is 1. The molecule has 0 saturated carbocycles. The summed E-state index contributed by atoms with van der Waals surface area (Å²) in [5.74, 6) is 0. The summed E-state index contributed by atoms with van der Waals surface area (Å²) in [5, 5.41) is 2.47. The van der Waals surface area contributed by atoms with E-state index in [1.54, 1.807) is 0 Å². The standard InChI is InChI=1S/C80H62BN3/c1-79(2,3)59-37-29-53(30-38-59)54-33-41-61(42-34-54)82-74-44-36-57(55-31-39-60(40-32-55)80(4,5)6)47-69(74)81-70-48-58(52-21-11-8-12-22-52)46-68-64-24-14-13-23-63(64)67-45-56(51-19-9-7-10-20-51)35-43-73(67)84(78(68)70)76-50-62(49-75(82)77(76)81)83-71-27-17-15-25-65(71)66-26-16-18-28-72(66)83/h7-50H,1-6H3. The van der Waals surface area contributed by atoms with E-state index in [0.717, 1.165) is 22.7 Å². The highest BCUT2D eigenvalue weighted by atomic mass is 15.2. The number of hydrogen-bond acceptors (Lipinski definition) is 2. The lowest BCUT2D eigenvalue weighted by Crippen LogP contribution is -2.61. The number of nitrogens with zero attached hydrogens (tertiary/aromatic N) is 3. The van der Waals surface area contributed by atoms with Crippen molar-refractivity contribution in [2.75, 3.05) is 9.80 Å². The van der Waals surface area contributed by atoms with Crippen LogP contribution in [0.5, 0.6) is 0 Å². The molecule has 0 N–H and O–H groups in total. The molecule has 4 heterocycles. The fourth-order valence-corrected chi connectivity index (χ4v) is 14.0. The molecule has 4 heteroatoms. The van der Waals surface area contributed by atoms with Crippen LogP contribution < -0.4 is 26.2 Å². The fraction of sp³-hybridized carbons (Fsp3) is 0.100. The van der Waals surface area contributed by atoms with Gasteiger partial charge in [-0.2, -0.15) is 0 Å². The summed E-state index contributed by atoms with van der Waals surface area (Å²) in [7, 11) is 0. The molecule has 400 valence electrons. The molecular weight excluding hydrogens is 1010 g/mol. The Morgan fingerprint density at radius 1 is 0.286 bits per heavy atom. The summed E-state index contributed by atoms with van der Waals surface area (Å²) in [5.41, 5.74) is 31.5. The van der Waals surface area contributed by atoms with Gasteiger partial charge in [0.2, 0.25) is 0 Å². The average molecular weight is 1080 g/mol. The minimum Gasteiger partial charge on any atom is -0.311 e. The topological polar surface area (TPSA) is 11.4 Å². The maximum absolute atomic E-state index is 2.67. The summed E-state index contributed by atoms with van der Waals surface area (Å²) < 4.78 is 2.51. The number of anilines is 6. The molecule has 0 radical (unpaired) electrons. The monoisotopic (exact) mass is 1080 g/mol. The number of rotatable bonds is 6. The van der Waals surface area contributed by atoms with Crippen LogP contribution in [0.1, 0.15) is 52.7 Å². The minimum absolute atomic E-state index is 0.0361. The van der Waals surface area contributed by atoms with E-state index in [-0.39, 0.29) is 17.5 Å². The molecule has 84 heavy (non-hydrogen) atoms. The van der Waals surface area contributed by atoms with Crippen molar-refractivity contribution in [3.8, 4) is 72.4 Å². The second-order valence-electron chi connectivity index (χ2n) is 25.3. The molecule has 3 aliphatic rings. The second kappa shape index (κ2) is 18.8. The first-order valence-electron chi connectivity index (χ1n) is 29.7. The molecule has 1 aromatic heterocycles. The SMILES string of the molecule is CC(C)(C)c1ccc(-c2ccc(N3c4ccc(-c5ccc(C(C)(C)C)cc5)cc4B4c5cc(-c6ccccc6)cc6c5N(c5ccc(-c7ccccc7)cc5-c5ccccc5-6)c5cc(-n6c7ccccc7c7ccccc76)cc3c54)cc2)cc1. The van der Waals surface area contributed by atoms with Gasteiger partial charge in [0.15, 0.2) is 0 Å². The number of fused-ring (bicyclic) bond motifs is 12. The van der Waals surface area contributed by atoms with Crippen molar-refractivity contribution in [2.45, 2.75) is 52.4 Å². The van der Waals surface area contributed by atoms with Crippen molar-refractivity contribution in [1.82, 2.24) is 4.57 Å². The molecular formula is C80H62BN3. The van der Waals surface area contributed by atoms with Crippen molar-refractivity contribution >= 4 is 79.0 Å². The highest BCUT2D eigenvalue weighted by molar-refractivity contribution is 7.00. The van der Waals surface area contributed by atoms with E-state index in [1.807, 2.05) is 0 Å². The van der Waals surface area contributed by atoms with Gasteiger partial charge in [-0.05, 0) is 155 Å². The van der Waals surface area contributed by atoms with Crippen LogP contribution in [-0.4, -0.2) is 11.3 Å². The first-order valence-corrected chi connectivity index (χ1v) is 29.7. The summed E-state index contributed by atoms with van der Waals surface area (Å²) in [6.45, 7) is 13.6. The maximum Gasteiger partial charge on any atom is 0.252 e. The number of para-hydroxylation sites is 2. The van der Waals surface area contributed by atoms with Crippen LogP contribution >= 0.6 is 0 Å². The highest BCUT2D eigenvalue weighted by Crippen LogP contribution is 2.55. The molecule has 0 aliphatic carbocycles. The van der Waals surface area contributed by atoms with Crippen LogP contribution in [0.15, 0.2) is 267 Å². The van der Waals surface area contributed by atoms with Gasteiger partial charge in [0, 0.05) is 50.3 Å². The zero-order valence-electron chi connectivity index (χ0n) is 48.3. The predicted octanol–water partition coefficient (Wildman–Crippen LogP) is 19.8. The van der Waals surface area contributed by atoms with Crippen LogP contribution in [0.4, 0.5) is 34.1 Å². The van der Waals surface area contributed by atoms with E-state index < -0.39 is 0 Å². The lowest BCUT2D eigenvalue weighted by atomic mass is 9.33. The fourth-order valence-electron chi connectivity index (χ4n) is 14.0. The van der Waals surface area contributed by atoms with Gasteiger partial charge < -0.3 is 14.4 Å². The van der Waals surface area contributed by atoms with E-state index in [9.17, 15) is 0 Å². The maximum atomic E-state index is 2.67. The summed E-state index contributed by atoms with van der Waals surface area (Å²) in [6, 6.07) is 101. The molecule has 0 saturated heterocycles. The van der Waals surface area contributed by atoms with Crippen LogP contribution in [0.2, 0.25) is 0 Å². The molecule has 0 bridgehead atoms. The lowest BCUT2D eigenvalue weighted by molar-refractivity contribution is 0.590. The van der Waals surface area contributed by atoms with Crippen LogP contribution in [-0.2, 0) is 10.8 Å². The van der Waals surface area contributed by atoms with Gasteiger partial charge in [0.1, 0.15) is 0 Å². The normalized spacial score (nSPS) is 13.0. The molecule has 0 spiro atoms. The van der Waals surface area contributed by atoms with E-state index in [4.69, 9.17) is 0 Å². The first-order chi connectivity index (χ1) is 40.9. The van der Waals surface area contributed by atoms with Gasteiger partial charge in [-0.1, -0.05) is 248 Å². The van der Waals surface area contributed by atoms with Gasteiger partial charge in [0.25, 0.3) is 6.71 Å². The molecule has 0 fully saturated rings. The van der Waals surface area contributed by atoms with E-state index in [0.29, 0.717) is 0 Å². The molecule has 12 aromatic carbocycles. The Hall–Kier alpha value is -9.90. The number of hydrogen-bond donors (Lipinski definition) is 0. The van der Waals surface area contributed by atoms with Crippen molar-refractivity contribution in [3.05, 3.63) is 278 Å². The molecule has 0 atom stereocenters. The molecule has 16 rings (SSSR count). The molecule has 0 amide bonds. The minimum atomic E-state index is -0.159. The highest BCUT2D eigenvalue weighted by Gasteiger charge is 2.46. The van der Waals surface area contributed by atoms with Crippen molar-refractivity contribution < 1.29 is 0 Å². The lowest BCUT2D eigenvalue weighted by Gasteiger charge is -2.45. The summed E-state index contributed by atoms with van der Waals surface area (Å²) >= 11 is 0.